The van der Waals surface area contributed by atoms with E-state index in [2.05, 4.69) is 37.1 Å². The Bertz CT molecular complexity index is 419. The van der Waals surface area contributed by atoms with Crippen LogP contribution in [0.15, 0.2) is 18.2 Å². The Kier molecular flexibility index (Phi) is 4.70. The Labute approximate surface area is 116 Å². The van der Waals surface area contributed by atoms with Gasteiger partial charge in [0.1, 0.15) is 5.75 Å². The third kappa shape index (κ3) is 3.03. The zero-order valence-corrected chi connectivity index (χ0v) is 12.4. The first-order valence-corrected chi connectivity index (χ1v) is 7.32. The highest BCUT2D eigenvalue weighted by Gasteiger charge is 2.27. The number of benzene rings is 1. The van der Waals surface area contributed by atoms with Crippen molar-refractivity contribution in [2.24, 2.45) is 5.73 Å². The summed E-state index contributed by atoms with van der Waals surface area (Å²) in [5, 5.41) is 0. The average molecular weight is 262 g/mol. The van der Waals surface area contributed by atoms with Crippen molar-refractivity contribution in [3.8, 4) is 5.75 Å². The molecular weight excluding hydrogens is 236 g/mol. The van der Waals surface area contributed by atoms with Crippen LogP contribution in [0.4, 0.5) is 5.69 Å². The number of ether oxygens (including phenoxy) is 1. The molecule has 0 saturated heterocycles. The summed E-state index contributed by atoms with van der Waals surface area (Å²) in [5.74, 6) is 0.942. The van der Waals surface area contributed by atoms with Gasteiger partial charge in [-0.1, -0.05) is 25.8 Å². The van der Waals surface area contributed by atoms with Crippen molar-refractivity contribution < 1.29 is 4.74 Å². The molecule has 2 N–H and O–H groups in total. The molecule has 2 rings (SSSR count). The quantitative estimate of drug-likeness (QED) is 0.906. The topological polar surface area (TPSA) is 38.5 Å². The fourth-order valence-corrected chi connectivity index (χ4v) is 3.03. The summed E-state index contributed by atoms with van der Waals surface area (Å²) in [7, 11) is 3.88. The number of likely N-dealkylation sites (N-methyl/N-ethyl adjacent to an activating group) is 1. The van der Waals surface area contributed by atoms with Crippen LogP contribution in [0.25, 0.3) is 0 Å². The van der Waals surface area contributed by atoms with Crippen LogP contribution in [0.2, 0.25) is 0 Å². The molecule has 0 aliphatic heterocycles. The molecule has 0 amide bonds. The Morgan fingerprint density at radius 3 is 2.68 bits per heavy atom. The van der Waals surface area contributed by atoms with E-state index < -0.39 is 0 Å². The van der Waals surface area contributed by atoms with E-state index in [0.717, 1.165) is 18.6 Å². The number of aryl methyl sites for hydroxylation is 1. The molecule has 1 aliphatic carbocycles. The van der Waals surface area contributed by atoms with Gasteiger partial charge in [0.2, 0.25) is 0 Å². The molecule has 2 unspecified atom stereocenters. The lowest BCUT2D eigenvalue weighted by Gasteiger charge is -2.38. The van der Waals surface area contributed by atoms with Crippen LogP contribution in [0, 0.1) is 0 Å². The van der Waals surface area contributed by atoms with Gasteiger partial charge in [-0.3, -0.25) is 0 Å². The van der Waals surface area contributed by atoms with Gasteiger partial charge in [-0.2, -0.15) is 0 Å². The average Bonchev–Trinajstić information content (AvgIpc) is 2.46. The number of nitrogens with zero attached hydrogens (tertiary/aromatic N) is 1. The first-order chi connectivity index (χ1) is 9.17. The second-order valence-corrected chi connectivity index (χ2v) is 5.49. The van der Waals surface area contributed by atoms with Crippen LogP contribution in [-0.4, -0.2) is 26.2 Å². The largest absolute Gasteiger partial charge is 0.495 e. The summed E-state index contributed by atoms with van der Waals surface area (Å²) in [6.07, 6.45) is 5.89. The van der Waals surface area contributed by atoms with Gasteiger partial charge in [0.25, 0.3) is 0 Å². The van der Waals surface area contributed by atoms with Gasteiger partial charge in [0, 0.05) is 19.1 Å². The first kappa shape index (κ1) is 14.2. The van der Waals surface area contributed by atoms with Crippen molar-refractivity contribution in [1.29, 1.82) is 0 Å². The monoisotopic (exact) mass is 262 g/mol. The predicted molar refractivity (Wildman–Crippen MR) is 81.0 cm³/mol. The predicted octanol–water partition coefficient (Wildman–Crippen LogP) is 2.96. The van der Waals surface area contributed by atoms with E-state index in [1.807, 2.05) is 0 Å². The molecule has 1 saturated carbocycles. The lowest BCUT2D eigenvalue weighted by atomic mass is 9.89. The smallest absolute Gasteiger partial charge is 0.142 e. The van der Waals surface area contributed by atoms with Gasteiger partial charge in [0.15, 0.2) is 0 Å². The Hall–Kier alpha value is -1.22. The molecular formula is C16H26N2O. The number of hydrogen-bond acceptors (Lipinski definition) is 3. The minimum atomic E-state index is 0.272. The van der Waals surface area contributed by atoms with Crippen molar-refractivity contribution in [2.75, 3.05) is 19.1 Å². The number of anilines is 1. The number of nitrogens with two attached hydrogens (primary N) is 1. The molecule has 0 bridgehead atoms. The molecule has 1 fully saturated rings. The summed E-state index contributed by atoms with van der Waals surface area (Å²) >= 11 is 0. The Morgan fingerprint density at radius 1 is 1.32 bits per heavy atom. The summed E-state index contributed by atoms with van der Waals surface area (Å²) in [6.45, 7) is 2.18. The van der Waals surface area contributed by atoms with E-state index in [1.54, 1.807) is 7.11 Å². The van der Waals surface area contributed by atoms with Crippen LogP contribution < -0.4 is 15.4 Å². The van der Waals surface area contributed by atoms with Crippen LogP contribution >= 0.6 is 0 Å². The zero-order valence-electron chi connectivity index (χ0n) is 12.4. The van der Waals surface area contributed by atoms with Gasteiger partial charge in [-0.25, -0.2) is 0 Å². The van der Waals surface area contributed by atoms with Crippen molar-refractivity contribution in [1.82, 2.24) is 0 Å². The summed E-state index contributed by atoms with van der Waals surface area (Å²) in [5.41, 5.74) is 8.81. The van der Waals surface area contributed by atoms with E-state index in [9.17, 15) is 0 Å². The summed E-state index contributed by atoms with van der Waals surface area (Å²) in [4.78, 5) is 2.32. The first-order valence-electron chi connectivity index (χ1n) is 7.32. The molecule has 1 aliphatic rings. The molecule has 106 valence electrons. The van der Waals surface area contributed by atoms with Crippen molar-refractivity contribution in [3.63, 3.8) is 0 Å². The van der Waals surface area contributed by atoms with E-state index >= 15 is 0 Å². The Balaban J connectivity index is 2.27. The van der Waals surface area contributed by atoms with Crippen LogP contribution in [0.5, 0.6) is 5.75 Å². The maximum absolute atomic E-state index is 6.30. The third-order valence-electron chi connectivity index (χ3n) is 4.31. The van der Waals surface area contributed by atoms with Crippen LogP contribution in [0.3, 0.4) is 0 Å². The Morgan fingerprint density at radius 2 is 2.05 bits per heavy atom. The van der Waals surface area contributed by atoms with Gasteiger partial charge in [-0.15, -0.1) is 0 Å². The van der Waals surface area contributed by atoms with E-state index in [-0.39, 0.29) is 6.04 Å². The van der Waals surface area contributed by atoms with Gasteiger partial charge >= 0.3 is 0 Å². The van der Waals surface area contributed by atoms with E-state index in [4.69, 9.17) is 10.5 Å². The van der Waals surface area contributed by atoms with Crippen LogP contribution in [-0.2, 0) is 6.42 Å². The molecule has 0 aromatic heterocycles. The molecule has 1 aromatic rings. The highest BCUT2D eigenvalue weighted by Crippen LogP contribution is 2.33. The normalized spacial score (nSPS) is 23.2. The van der Waals surface area contributed by atoms with Crippen LogP contribution in [0.1, 0.15) is 38.2 Å². The standard InChI is InChI=1S/C16H26N2O/c1-4-12-9-10-16(19-3)15(11-12)18(2)14-8-6-5-7-13(14)17/h9-11,13-14H,4-8,17H2,1-3H3. The maximum atomic E-state index is 6.30. The molecule has 19 heavy (non-hydrogen) atoms. The second kappa shape index (κ2) is 6.29. The molecule has 3 heteroatoms. The molecule has 0 spiro atoms. The highest BCUT2D eigenvalue weighted by molar-refractivity contribution is 5.60. The fraction of sp³-hybridized carbons (Fsp3) is 0.625. The SMILES string of the molecule is CCc1ccc(OC)c(N(C)C2CCCCC2N)c1. The van der Waals surface area contributed by atoms with Crippen molar-refractivity contribution in [3.05, 3.63) is 23.8 Å². The lowest BCUT2D eigenvalue weighted by Crippen LogP contribution is -2.48. The number of methoxy groups -OCH3 is 1. The molecule has 1 aromatic carbocycles. The molecule has 3 nitrogen and oxygen atoms in total. The summed E-state index contributed by atoms with van der Waals surface area (Å²) in [6, 6.07) is 7.14. The molecule has 0 heterocycles. The maximum Gasteiger partial charge on any atom is 0.142 e. The van der Waals surface area contributed by atoms with E-state index in [0.29, 0.717) is 6.04 Å². The van der Waals surface area contributed by atoms with Gasteiger partial charge < -0.3 is 15.4 Å². The fourth-order valence-electron chi connectivity index (χ4n) is 3.03. The zero-order chi connectivity index (χ0) is 13.8. The number of rotatable bonds is 4. The number of hydrogen-bond donors (Lipinski definition) is 1. The second-order valence-electron chi connectivity index (χ2n) is 5.49. The van der Waals surface area contributed by atoms with Crippen molar-refractivity contribution >= 4 is 5.69 Å². The lowest BCUT2D eigenvalue weighted by molar-refractivity contribution is 0.367. The molecule has 2 atom stereocenters. The minimum Gasteiger partial charge on any atom is -0.495 e. The minimum absolute atomic E-state index is 0.272. The highest BCUT2D eigenvalue weighted by atomic mass is 16.5. The van der Waals surface area contributed by atoms with Gasteiger partial charge in [-0.05, 0) is 37.0 Å². The van der Waals surface area contributed by atoms with E-state index in [1.165, 1.54) is 30.5 Å². The summed E-state index contributed by atoms with van der Waals surface area (Å²) < 4.78 is 5.51. The molecule has 0 radical (unpaired) electrons. The van der Waals surface area contributed by atoms with Gasteiger partial charge in [0.05, 0.1) is 12.8 Å². The van der Waals surface area contributed by atoms with Crippen molar-refractivity contribution in [2.45, 2.75) is 51.1 Å². The third-order valence-corrected chi connectivity index (χ3v) is 4.31.